The summed E-state index contributed by atoms with van der Waals surface area (Å²) >= 11 is 0. The van der Waals surface area contributed by atoms with Crippen molar-refractivity contribution in [3.8, 4) is 0 Å². The van der Waals surface area contributed by atoms with E-state index in [1.807, 2.05) is 19.9 Å². The first-order chi connectivity index (χ1) is 8.20. The summed E-state index contributed by atoms with van der Waals surface area (Å²) in [4.78, 5) is 0. The summed E-state index contributed by atoms with van der Waals surface area (Å²) < 4.78 is 11.0. The van der Waals surface area contributed by atoms with Crippen LogP contribution in [0.1, 0.15) is 33.1 Å². The highest BCUT2D eigenvalue weighted by Gasteiger charge is 2.26. The van der Waals surface area contributed by atoms with E-state index in [4.69, 9.17) is 9.47 Å². The summed E-state index contributed by atoms with van der Waals surface area (Å²) in [7, 11) is 0. The molecule has 0 saturated heterocycles. The van der Waals surface area contributed by atoms with Gasteiger partial charge >= 0.3 is 0 Å². The molecule has 1 rings (SSSR count). The molecule has 17 heavy (non-hydrogen) atoms. The van der Waals surface area contributed by atoms with Gasteiger partial charge in [0.15, 0.2) is 6.29 Å². The molecule has 1 aliphatic rings. The van der Waals surface area contributed by atoms with Crippen LogP contribution in [0.25, 0.3) is 0 Å². The molecule has 0 saturated carbocycles. The van der Waals surface area contributed by atoms with Crippen LogP contribution in [0.15, 0.2) is 24.3 Å². The van der Waals surface area contributed by atoms with Crippen LogP contribution in [0, 0.1) is 5.92 Å². The molecule has 1 N–H and O–H groups in total. The fraction of sp³-hybridized carbons (Fsp3) is 0.714. The van der Waals surface area contributed by atoms with E-state index in [0.29, 0.717) is 13.2 Å². The van der Waals surface area contributed by atoms with E-state index >= 15 is 0 Å². The van der Waals surface area contributed by atoms with Gasteiger partial charge in [-0.1, -0.05) is 18.7 Å². The molecule has 98 valence electrons. The number of ether oxygens (including phenoxy) is 2. The summed E-state index contributed by atoms with van der Waals surface area (Å²) in [5.74, 6) is -0.0550. The van der Waals surface area contributed by atoms with Crippen molar-refractivity contribution in [1.82, 2.24) is 0 Å². The maximum atomic E-state index is 10.1. The first-order valence-electron chi connectivity index (χ1n) is 6.47. The van der Waals surface area contributed by atoms with Gasteiger partial charge in [0.25, 0.3) is 0 Å². The zero-order valence-electron chi connectivity index (χ0n) is 10.9. The molecule has 0 fully saturated rings. The van der Waals surface area contributed by atoms with Gasteiger partial charge in [0.2, 0.25) is 0 Å². The van der Waals surface area contributed by atoms with E-state index in [-0.39, 0.29) is 12.0 Å². The number of hydrogen-bond donors (Lipinski definition) is 1. The Morgan fingerprint density at radius 1 is 1.41 bits per heavy atom. The molecule has 0 aromatic heterocycles. The minimum absolute atomic E-state index is 0.0550. The lowest BCUT2D eigenvalue weighted by Crippen LogP contribution is -2.29. The molecule has 0 aromatic rings. The summed E-state index contributed by atoms with van der Waals surface area (Å²) in [6.07, 6.45) is 6.22. The van der Waals surface area contributed by atoms with Crippen molar-refractivity contribution in [2.45, 2.75) is 45.5 Å². The Morgan fingerprint density at radius 2 is 2.06 bits per heavy atom. The van der Waals surface area contributed by atoms with Gasteiger partial charge in [-0.2, -0.15) is 0 Å². The van der Waals surface area contributed by atoms with Gasteiger partial charge in [-0.3, -0.25) is 0 Å². The molecule has 2 unspecified atom stereocenters. The number of rotatable bonds is 6. The highest BCUT2D eigenvalue weighted by atomic mass is 16.7. The molecule has 0 amide bonds. The van der Waals surface area contributed by atoms with Crippen molar-refractivity contribution in [3.63, 3.8) is 0 Å². The predicted octanol–water partition coefficient (Wildman–Crippen LogP) is 2.66. The van der Waals surface area contributed by atoms with Gasteiger partial charge in [-0.25, -0.2) is 0 Å². The highest BCUT2D eigenvalue weighted by molar-refractivity contribution is 5.15. The Morgan fingerprint density at radius 3 is 2.65 bits per heavy atom. The van der Waals surface area contributed by atoms with E-state index < -0.39 is 6.29 Å². The molecule has 3 heteroatoms. The van der Waals surface area contributed by atoms with Gasteiger partial charge < -0.3 is 14.6 Å². The molecule has 0 spiro atoms. The van der Waals surface area contributed by atoms with Crippen LogP contribution in [-0.2, 0) is 9.47 Å². The quantitative estimate of drug-likeness (QED) is 0.573. The van der Waals surface area contributed by atoms with Crippen LogP contribution in [0.5, 0.6) is 0 Å². The maximum absolute atomic E-state index is 10.1. The topological polar surface area (TPSA) is 38.7 Å². The van der Waals surface area contributed by atoms with Crippen LogP contribution < -0.4 is 0 Å². The standard InChI is InChI=1S/C14H24O3/c1-4-16-14(17-5-2)11(3)12-9-7-6-8-10-13(12)15/h7,9,12-15H,3-6,8,10H2,1-2H3. The molecule has 0 bridgehead atoms. The summed E-state index contributed by atoms with van der Waals surface area (Å²) in [5.41, 5.74) is 0.819. The van der Waals surface area contributed by atoms with Crippen molar-refractivity contribution in [3.05, 3.63) is 24.3 Å². The minimum atomic E-state index is -0.410. The van der Waals surface area contributed by atoms with E-state index in [9.17, 15) is 5.11 Å². The van der Waals surface area contributed by atoms with Crippen molar-refractivity contribution in [2.24, 2.45) is 5.92 Å². The Hall–Kier alpha value is -0.640. The van der Waals surface area contributed by atoms with Crippen LogP contribution in [0.2, 0.25) is 0 Å². The zero-order chi connectivity index (χ0) is 12.7. The Kier molecular flexibility index (Phi) is 6.48. The third-order valence-corrected chi connectivity index (χ3v) is 3.00. The Bertz CT molecular complexity index is 254. The summed E-state index contributed by atoms with van der Waals surface area (Å²) in [6, 6.07) is 0. The molecule has 0 heterocycles. The summed E-state index contributed by atoms with van der Waals surface area (Å²) in [5, 5.41) is 10.1. The van der Waals surface area contributed by atoms with Crippen LogP contribution in [0.4, 0.5) is 0 Å². The van der Waals surface area contributed by atoms with Crippen molar-refractivity contribution in [1.29, 1.82) is 0 Å². The maximum Gasteiger partial charge on any atom is 0.180 e. The molecular formula is C14H24O3. The third kappa shape index (κ3) is 4.26. The molecular weight excluding hydrogens is 216 g/mol. The van der Waals surface area contributed by atoms with E-state index in [2.05, 4.69) is 12.7 Å². The van der Waals surface area contributed by atoms with Crippen LogP contribution in [-0.4, -0.2) is 30.7 Å². The first-order valence-corrected chi connectivity index (χ1v) is 6.47. The molecule has 3 nitrogen and oxygen atoms in total. The lowest BCUT2D eigenvalue weighted by molar-refractivity contribution is -0.117. The van der Waals surface area contributed by atoms with Crippen molar-refractivity contribution >= 4 is 0 Å². The van der Waals surface area contributed by atoms with Gasteiger partial charge in [-0.05, 0) is 38.7 Å². The average molecular weight is 240 g/mol. The second-order valence-electron chi connectivity index (χ2n) is 4.27. The second kappa shape index (κ2) is 7.64. The van der Waals surface area contributed by atoms with Crippen molar-refractivity contribution in [2.75, 3.05) is 13.2 Å². The lowest BCUT2D eigenvalue weighted by Gasteiger charge is -2.27. The lowest BCUT2D eigenvalue weighted by atomic mass is 9.92. The van der Waals surface area contributed by atoms with E-state index in [1.54, 1.807) is 0 Å². The zero-order valence-corrected chi connectivity index (χ0v) is 10.9. The molecule has 2 atom stereocenters. The monoisotopic (exact) mass is 240 g/mol. The predicted molar refractivity (Wildman–Crippen MR) is 68.7 cm³/mol. The highest BCUT2D eigenvalue weighted by Crippen LogP contribution is 2.27. The number of aliphatic hydroxyl groups is 1. The van der Waals surface area contributed by atoms with Gasteiger partial charge in [0.1, 0.15) is 0 Å². The molecule has 1 aliphatic carbocycles. The number of allylic oxidation sites excluding steroid dienone is 1. The number of aliphatic hydroxyl groups excluding tert-OH is 1. The average Bonchev–Trinajstić information content (AvgIpc) is 2.53. The van der Waals surface area contributed by atoms with E-state index in [1.165, 1.54) is 0 Å². The van der Waals surface area contributed by atoms with Crippen molar-refractivity contribution < 1.29 is 14.6 Å². The second-order valence-corrected chi connectivity index (χ2v) is 4.27. The Balaban J connectivity index is 2.69. The first kappa shape index (κ1) is 14.4. The molecule has 0 aliphatic heterocycles. The SMILES string of the molecule is C=C(C(OCC)OCC)C1C=CCCCC1O. The van der Waals surface area contributed by atoms with E-state index in [0.717, 1.165) is 24.8 Å². The van der Waals surface area contributed by atoms with Gasteiger partial charge in [0, 0.05) is 19.1 Å². The number of hydrogen-bond acceptors (Lipinski definition) is 3. The third-order valence-electron chi connectivity index (χ3n) is 3.00. The molecule has 0 radical (unpaired) electrons. The summed E-state index contributed by atoms with van der Waals surface area (Å²) in [6.45, 7) is 9.06. The van der Waals surface area contributed by atoms with Crippen LogP contribution in [0.3, 0.4) is 0 Å². The minimum Gasteiger partial charge on any atom is -0.392 e. The molecule has 0 aromatic carbocycles. The largest absolute Gasteiger partial charge is 0.392 e. The fourth-order valence-electron chi connectivity index (χ4n) is 2.09. The van der Waals surface area contributed by atoms with Gasteiger partial charge in [-0.15, -0.1) is 0 Å². The Labute approximate surface area is 104 Å². The fourth-order valence-corrected chi connectivity index (χ4v) is 2.09. The van der Waals surface area contributed by atoms with Gasteiger partial charge in [0.05, 0.1) is 6.10 Å². The van der Waals surface area contributed by atoms with Crippen LogP contribution >= 0.6 is 0 Å². The normalized spacial score (nSPS) is 24.9. The smallest absolute Gasteiger partial charge is 0.180 e.